The average molecular weight is 379 g/mol. The van der Waals surface area contributed by atoms with Crippen LogP contribution in [0.4, 0.5) is 10.5 Å². The molecule has 1 heterocycles. The third-order valence-corrected chi connectivity index (χ3v) is 4.05. The van der Waals surface area contributed by atoms with E-state index in [1.54, 1.807) is 0 Å². The molecular formula is C17H21N3O7. The van der Waals surface area contributed by atoms with Gasteiger partial charge in [-0.1, -0.05) is 13.3 Å². The zero-order chi connectivity index (χ0) is 20.1. The van der Waals surface area contributed by atoms with Gasteiger partial charge in [-0.15, -0.1) is 0 Å². The Kier molecular flexibility index (Phi) is 6.22. The second kappa shape index (κ2) is 8.39. The normalized spacial score (nSPS) is 16.4. The second-order valence-electron chi connectivity index (χ2n) is 5.91. The molecule has 2 rings (SSSR count). The number of aromatic hydroxyl groups is 1. The number of nitro groups is 1. The third-order valence-electron chi connectivity index (χ3n) is 4.05. The number of nitrogens with one attached hydrogen (secondary N) is 2. The van der Waals surface area contributed by atoms with Crippen molar-refractivity contribution in [3.8, 4) is 11.5 Å². The average Bonchev–Trinajstić information content (AvgIpc) is 2.61. The highest BCUT2D eigenvalue weighted by atomic mass is 16.6. The van der Waals surface area contributed by atoms with Gasteiger partial charge in [-0.2, -0.15) is 0 Å². The van der Waals surface area contributed by atoms with E-state index < -0.39 is 34.4 Å². The molecule has 10 nitrogen and oxygen atoms in total. The summed E-state index contributed by atoms with van der Waals surface area (Å²) in [6.07, 6.45) is 1.52. The molecule has 0 aliphatic carbocycles. The fourth-order valence-corrected chi connectivity index (χ4v) is 2.68. The molecule has 0 saturated carbocycles. The molecule has 1 atom stereocenters. The van der Waals surface area contributed by atoms with Crippen LogP contribution >= 0.6 is 0 Å². The summed E-state index contributed by atoms with van der Waals surface area (Å²) in [5.74, 6) is -1.43. The lowest BCUT2D eigenvalue weighted by Crippen LogP contribution is -2.45. The van der Waals surface area contributed by atoms with E-state index in [2.05, 4.69) is 10.6 Å². The second-order valence-corrected chi connectivity index (χ2v) is 5.91. The molecule has 0 fully saturated rings. The van der Waals surface area contributed by atoms with E-state index in [9.17, 15) is 24.8 Å². The summed E-state index contributed by atoms with van der Waals surface area (Å²) in [5, 5.41) is 26.2. The van der Waals surface area contributed by atoms with Crippen LogP contribution in [0.15, 0.2) is 23.4 Å². The number of hydrogen-bond donors (Lipinski definition) is 3. The molecule has 2 amide bonds. The van der Waals surface area contributed by atoms with Crippen molar-refractivity contribution < 1.29 is 29.1 Å². The number of urea groups is 1. The maximum Gasteiger partial charge on any atom is 0.338 e. The highest BCUT2D eigenvalue weighted by Gasteiger charge is 2.34. The Bertz CT molecular complexity index is 804. The van der Waals surface area contributed by atoms with Crippen molar-refractivity contribution in [1.82, 2.24) is 10.6 Å². The van der Waals surface area contributed by atoms with Crippen LogP contribution in [0.1, 0.15) is 38.3 Å². The lowest BCUT2D eigenvalue weighted by molar-refractivity contribution is -0.386. The van der Waals surface area contributed by atoms with Gasteiger partial charge in [0.2, 0.25) is 5.75 Å². The number of carbonyl (C=O) groups is 2. The molecule has 1 aliphatic rings. The molecule has 0 spiro atoms. The van der Waals surface area contributed by atoms with Crippen molar-refractivity contribution >= 4 is 17.7 Å². The Balaban J connectivity index is 2.51. The van der Waals surface area contributed by atoms with Gasteiger partial charge in [0.15, 0.2) is 5.75 Å². The van der Waals surface area contributed by atoms with Gasteiger partial charge in [-0.05, 0) is 25.0 Å². The molecule has 0 unspecified atom stereocenters. The standard InChI is InChI=1S/C17H21N3O7/c1-4-5-6-27-16(22)13-9(2)18-17(23)19-14(13)10-7-11(20(24)25)15(21)12(8-10)26-3/h7-8,14,21H,4-6H2,1-3H3,(H2,18,19,23)/t14-/m0/s1. The Labute approximate surface area is 155 Å². The summed E-state index contributed by atoms with van der Waals surface area (Å²) in [7, 11) is 1.24. The van der Waals surface area contributed by atoms with Crippen molar-refractivity contribution in [3.63, 3.8) is 0 Å². The number of unbranched alkanes of at least 4 members (excludes halogenated alkanes) is 1. The van der Waals surface area contributed by atoms with E-state index >= 15 is 0 Å². The fourth-order valence-electron chi connectivity index (χ4n) is 2.68. The Morgan fingerprint density at radius 2 is 2.11 bits per heavy atom. The summed E-state index contributed by atoms with van der Waals surface area (Å²) < 4.78 is 10.2. The third kappa shape index (κ3) is 4.27. The number of benzene rings is 1. The predicted octanol–water partition coefficient (Wildman–Crippen LogP) is 2.28. The van der Waals surface area contributed by atoms with E-state index in [4.69, 9.17) is 9.47 Å². The van der Waals surface area contributed by atoms with Gasteiger partial charge < -0.3 is 25.2 Å². The number of phenols is 1. The number of nitro benzene ring substituents is 1. The number of carbonyl (C=O) groups excluding carboxylic acids is 2. The topological polar surface area (TPSA) is 140 Å². The Morgan fingerprint density at radius 3 is 2.70 bits per heavy atom. The largest absolute Gasteiger partial charge is 0.500 e. The van der Waals surface area contributed by atoms with Crippen LogP contribution in [-0.2, 0) is 9.53 Å². The lowest BCUT2D eigenvalue weighted by Gasteiger charge is -2.28. The summed E-state index contributed by atoms with van der Waals surface area (Å²) in [4.78, 5) is 34.9. The van der Waals surface area contributed by atoms with Gasteiger partial charge in [-0.25, -0.2) is 9.59 Å². The van der Waals surface area contributed by atoms with Crippen LogP contribution in [0, 0.1) is 10.1 Å². The number of phenolic OH excluding ortho intramolecular Hbond substituents is 1. The SMILES string of the molecule is CCCCOC(=O)C1=C(C)NC(=O)N[C@H]1c1cc(OC)c(O)c([N+](=O)[O-])c1. The van der Waals surface area contributed by atoms with Gasteiger partial charge in [0.1, 0.15) is 0 Å². The van der Waals surface area contributed by atoms with Crippen LogP contribution in [0.2, 0.25) is 0 Å². The van der Waals surface area contributed by atoms with Gasteiger partial charge >= 0.3 is 17.7 Å². The first-order chi connectivity index (χ1) is 12.8. The number of hydrogen-bond acceptors (Lipinski definition) is 7. The van der Waals surface area contributed by atoms with Gasteiger partial charge in [0.05, 0.1) is 30.3 Å². The predicted molar refractivity (Wildman–Crippen MR) is 94.3 cm³/mol. The maximum atomic E-state index is 12.5. The van der Waals surface area contributed by atoms with E-state index in [0.29, 0.717) is 6.42 Å². The molecule has 1 aromatic carbocycles. The minimum absolute atomic E-state index is 0.118. The zero-order valence-electron chi connectivity index (χ0n) is 15.2. The molecule has 1 aromatic rings. The number of rotatable bonds is 7. The van der Waals surface area contributed by atoms with E-state index in [-0.39, 0.29) is 29.2 Å². The molecule has 0 saturated heterocycles. The van der Waals surface area contributed by atoms with Crippen molar-refractivity contribution in [3.05, 3.63) is 39.1 Å². The fraction of sp³-hybridized carbons (Fsp3) is 0.412. The number of esters is 1. The van der Waals surface area contributed by atoms with E-state index in [0.717, 1.165) is 12.5 Å². The molecular weight excluding hydrogens is 358 g/mol. The Morgan fingerprint density at radius 1 is 1.41 bits per heavy atom. The molecule has 0 aromatic heterocycles. The van der Waals surface area contributed by atoms with Crippen LogP contribution < -0.4 is 15.4 Å². The number of amides is 2. The minimum atomic E-state index is -0.999. The van der Waals surface area contributed by atoms with E-state index in [1.807, 2.05) is 6.92 Å². The quantitative estimate of drug-likeness (QED) is 0.286. The van der Waals surface area contributed by atoms with Crippen LogP contribution in [0.5, 0.6) is 11.5 Å². The number of ether oxygens (including phenoxy) is 2. The zero-order valence-corrected chi connectivity index (χ0v) is 15.2. The van der Waals surface area contributed by atoms with Crippen molar-refractivity contribution in [2.24, 2.45) is 0 Å². The van der Waals surface area contributed by atoms with Crippen molar-refractivity contribution in [2.75, 3.05) is 13.7 Å². The van der Waals surface area contributed by atoms with Crippen molar-refractivity contribution in [2.45, 2.75) is 32.7 Å². The van der Waals surface area contributed by atoms with Crippen LogP contribution in [-0.4, -0.2) is 35.7 Å². The Hall–Kier alpha value is -3.30. The van der Waals surface area contributed by atoms with Gasteiger partial charge in [0, 0.05) is 11.8 Å². The first-order valence-electron chi connectivity index (χ1n) is 8.30. The van der Waals surface area contributed by atoms with Crippen LogP contribution in [0.25, 0.3) is 0 Å². The molecule has 1 aliphatic heterocycles. The molecule has 3 N–H and O–H groups in total. The molecule has 10 heteroatoms. The minimum Gasteiger partial charge on any atom is -0.500 e. The molecule has 146 valence electrons. The van der Waals surface area contributed by atoms with E-state index in [1.165, 1.54) is 20.1 Å². The summed E-state index contributed by atoms with van der Waals surface area (Å²) in [6.45, 7) is 3.70. The first-order valence-corrected chi connectivity index (χ1v) is 8.30. The van der Waals surface area contributed by atoms with Gasteiger partial charge in [0.25, 0.3) is 0 Å². The first kappa shape index (κ1) is 20.0. The highest BCUT2D eigenvalue weighted by Crippen LogP contribution is 2.40. The summed E-state index contributed by atoms with van der Waals surface area (Å²) in [6, 6.07) is 0.838. The maximum absolute atomic E-state index is 12.5. The lowest BCUT2D eigenvalue weighted by atomic mass is 9.94. The van der Waals surface area contributed by atoms with Gasteiger partial charge in [-0.3, -0.25) is 10.1 Å². The summed E-state index contributed by atoms with van der Waals surface area (Å²) in [5.41, 5.74) is -0.00540. The molecule has 0 bridgehead atoms. The highest BCUT2D eigenvalue weighted by molar-refractivity contribution is 5.95. The van der Waals surface area contributed by atoms with Crippen molar-refractivity contribution in [1.29, 1.82) is 0 Å². The number of nitrogens with zero attached hydrogens (tertiary/aromatic N) is 1. The molecule has 0 radical (unpaired) electrons. The smallest absolute Gasteiger partial charge is 0.338 e. The monoisotopic (exact) mass is 379 g/mol. The number of methoxy groups -OCH3 is 1. The summed E-state index contributed by atoms with van der Waals surface area (Å²) >= 11 is 0. The van der Waals surface area contributed by atoms with Crippen LogP contribution in [0.3, 0.4) is 0 Å². The number of allylic oxidation sites excluding steroid dienone is 1. The molecule has 27 heavy (non-hydrogen) atoms.